The minimum atomic E-state index is 0. The summed E-state index contributed by atoms with van der Waals surface area (Å²) in [6.45, 7) is 14.6. The van der Waals surface area contributed by atoms with Crippen LogP contribution in [0.2, 0.25) is 0 Å². The third-order valence-electron chi connectivity index (χ3n) is 4.09. The lowest BCUT2D eigenvalue weighted by atomic mass is 10.1. The van der Waals surface area contributed by atoms with Crippen molar-refractivity contribution in [1.82, 2.24) is 15.4 Å². The molecule has 1 N–H and O–H groups in total. The molecule has 0 radical (unpaired) electrons. The molecule has 7 heteroatoms. The quantitative estimate of drug-likeness (QED) is 0.311. The zero-order chi connectivity index (χ0) is 16.9. The third kappa shape index (κ3) is 6.13. The van der Waals surface area contributed by atoms with E-state index in [4.69, 9.17) is 9.52 Å². The Labute approximate surface area is 167 Å². The van der Waals surface area contributed by atoms with Crippen LogP contribution < -0.4 is 5.32 Å². The number of thioether (sulfide) groups is 1. The van der Waals surface area contributed by atoms with Gasteiger partial charge < -0.3 is 14.7 Å². The van der Waals surface area contributed by atoms with Gasteiger partial charge in [-0.1, -0.05) is 5.16 Å². The largest absolute Gasteiger partial charge is 0.361 e. The number of rotatable bonds is 5. The summed E-state index contributed by atoms with van der Waals surface area (Å²) in [6.07, 6.45) is 2.00. The van der Waals surface area contributed by atoms with Crippen LogP contribution >= 0.6 is 35.7 Å². The van der Waals surface area contributed by atoms with Gasteiger partial charge in [0.25, 0.3) is 0 Å². The molecule has 0 aliphatic carbocycles. The summed E-state index contributed by atoms with van der Waals surface area (Å²) in [7, 11) is 0. The van der Waals surface area contributed by atoms with E-state index < -0.39 is 0 Å². The fraction of sp³-hybridized carbons (Fsp3) is 0.765. The number of aliphatic imine (C=N–C) groups is 1. The molecule has 0 atom stereocenters. The van der Waals surface area contributed by atoms with Crippen LogP contribution in [0.4, 0.5) is 0 Å². The molecule has 0 unspecified atom stereocenters. The summed E-state index contributed by atoms with van der Waals surface area (Å²) in [5, 5.41) is 7.46. The summed E-state index contributed by atoms with van der Waals surface area (Å²) in [6, 6.07) is 0. The molecular weight excluding hydrogens is 435 g/mol. The van der Waals surface area contributed by atoms with E-state index in [0.29, 0.717) is 4.75 Å². The Balaban J connectivity index is 0.00000288. The summed E-state index contributed by atoms with van der Waals surface area (Å²) < 4.78 is 5.52. The van der Waals surface area contributed by atoms with Crippen molar-refractivity contribution in [3.63, 3.8) is 0 Å². The lowest BCUT2D eigenvalue weighted by Gasteiger charge is -2.39. The van der Waals surface area contributed by atoms with E-state index in [1.807, 2.05) is 25.6 Å². The molecule has 0 saturated carbocycles. The maximum absolute atomic E-state index is 5.22. The van der Waals surface area contributed by atoms with Crippen LogP contribution in [0, 0.1) is 13.8 Å². The highest BCUT2D eigenvalue weighted by Crippen LogP contribution is 2.29. The minimum absolute atomic E-state index is 0. The molecule has 0 amide bonds. The Morgan fingerprint density at radius 1 is 1.42 bits per heavy atom. The van der Waals surface area contributed by atoms with Gasteiger partial charge in [0, 0.05) is 42.2 Å². The number of guanidine groups is 1. The van der Waals surface area contributed by atoms with Crippen molar-refractivity contribution in [2.45, 2.75) is 52.2 Å². The molecule has 138 valence electrons. The van der Waals surface area contributed by atoms with Gasteiger partial charge in [0.15, 0.2) is 5.96 Å². The molecule has 1 aromatic heterocycles. The molecule has 2 heterocycles. The monoisotopic (exact) mass is 466 g/mol. The molecule has 0 spiro atoms. The van der Waals surface area contributed by atoms with E-state index in [9.17, 15) is 0 Å². The highest BCUT2D eigenvalue weighted by atomic mass is 127. The van der Waals surface area contributed by atoms with Gasteiger partial charge in [0.2, 0.25) is 0 Å². The first-order chi connectivity index (χ1) is 10.9. The Kier molecular flexibility index (Phi) is 8.90. The smallest absolute Gasteiger partial charge is 0.193 e. The van der Waals surface area contributed by atoms with Crippen molar-refractivity contribution in [2.75, 3.05) is 31.9 Å². The van der Waals surface area contributed by atoms with Crippen LogP contribution in [-0.2, 0) is 6.42 Å². The molecule has 1 saturated heterocycles. The second-order valence-corrected chi connectivity index (χ2v) is 8.47. The van der Waals surface area contributed by atoms with Crippen molar-refractivity contribution in [3.8, 4) is 0 Å². The Morgan fingerprint density at radius 3 is 2.75 bits per heavy atom. The number of halogens is 1. The van der Waals surface area contributed by atoms with Gasteiger partial charge in [-0.05, 0) is 47.5 Å². The van der Waals surface area contributed by atoms with Crippen LogP contribution in [0.15, 0.2) is 9.52 Å². The Bertz CT molecular complexity index is 525. The number of aromatic nitrogens is 1. The highest BCUT2D eigenvalue weighted by molar-refractivity contribution is 14.0. The minimum Gasteiger partial charge on any atom is -0.361 e. The topological polar surface area (TPSA) is 53.7 Å². The van der Waals surface area contributed by atoms with Gasteiger partial charge in [-0.2, -0.15) is 11.8 Å². The second-order valence-electron chi connectivity index (χ2n) is 6.67. The average Bonchev–Trinajstić information content (AvgIpc) is 2.80. The van der Waals surface area contributed by atoms with Crippen LogP contribution in [-0.4, -0.2) is 52.7 Å². The SMILES string of the molecule is CCNC(=NCCCc1c(C)noc1C)N1CCSC(C)(C)C1.I. The first-order valence-electron chi connectivity index (χ1n) is 8.52. The van der Waals surface area contributed by atoms with Crippen molar-refractivity contribution in [3.05, 3.63) is 17.0 Å². The molecule has 5 nitrogen and oxygen atoms in total. The molecule has 2 rings (SSSR count). The van der Waals surface area contributed by atoms with Crippen LogP contribution in [0.1, 0.15) is 44.2 Å². The normalized spacial score (nSPS) is 17.5. The second kappa shape index (κ2) is 9.89. The first-order valence-corrected chi connectivity index (χ1v) is 9.50. The summed E-state index contributed by atoms with van der Waals surface area (Å²) in [5.74, 6) is 3.16. The number of hydrogen-bond acceptors (Lipinski definition) is 4. The number of aryl methyl sites for hydroxylation is 2. The van der Waals surface area contributed by atoms with E-state index in [1.54, 1.807) is 0 Å². The van der Waals surface area contributed by atoms with E-state index in [1.165, 1.54) is 5.56 Å². The summed E-state index contributed by atoms with van der Waals surface area (Å²) in [5.41, 5.74) is 2.24. The fourth-order valence-corrected chi connectivity index (χ4v) is 4.03. The average molecular weight is 466 g/mol. The van der Waals surface area contributed by atoms with Gasteiger partial charge >= 0.3 is 0 Å². The predicted molar refractivity (Wildman–Crippen MR) is 114 cm³/mol. The summed E-state index contributed by atoms with van der Waals surface area (Å²) >= 11 is 2.05. The highest BCUT2D eigenvalue weighted by Gasteiger charge is 2.28. The van der Waals surface area contributed by atoms with Gasteiger partial charge in [0.1, 0.15) is 5.76 Å². The first kappa shape index (κ1) is 21.6. The predicted octanol–water partition coefficient (Wildman–Crippen LogP) is 3.63. The third-order valence-corrected chi connectivity index (χ3v) is 5.39. The molecule has 1 aromatic rings. The van der Waals surface area contributed by atoms with E-state index in [2.05, 4.69) is 36.1 Å². The molecular formula is C17H31IN4OS. The number of nitrogens with zero attached hydrogens (tertiary/aromatic N) is 3. The molecule has 24 heavy (non-hydrogen) atoms. The molecule has 1 fully saturated rings. The molecule has 1 aliphatic heterocycles. The maximum Gasteiger partial charge on any atom is 0.193 e. The van der Waals surface area contributed by atoms with E-state index >= 15 is 0 Å². The molecule has 1 aliphatic rings. The van der Waals surface area contributed by atoms with E-state index in [-0.39, 0.29) is 24.0 Å². The molecule has 0 bridgehead atoms. The number of nitrogens with one attached hydrogen (secondary N) is 1. The van der Waals surface area contributed by atoms with Crippen LogP contribution in [0.25, 0.3) is 0 Å². The lowest BCUT2D eigenvalue weighted by Crippen LogP contribution is -2.51. The van der Waals surface area contributed by atoms with Gasteiger partial charge in [-0.3, -0.25) is 4.99 Å². The Hall–Kier alpha value is -0.440. The van der Waals surface area contributed by atoms with Crippen molar-refractivity contribution in [2.24, 2.45) is 4.99 Å². The lowest BCUT2D eigenvalue weighted by molar-refractivity contribution is 0.376. The van der Waals surface area contributed by atoms with Crippen LogP contribution in [0.5, 0.6) is 0 Å². The van der Waals surface area contributed by atoms with Gasteiger partial charge in [-0.15, -0.1) is 24.0 Å². The van der Waals surface area contributed by atoms with Crippen molar-refractivity contribution >= 4 is 41.7 Å². The van der Waals surface area contributed by atoms with Crippen molar-refractivity contribution in [1.29, 1.82) is 0 Å². The zero-order valence-electron chi connectivity index (χ0n) is 15.5. The maximum atomic E-state index is 5.22. The standard InChI is InChI=1S/C17H30N4OS.HI/c1-6-18-16(21-10-11-23-17(4,5)12-21)19-9-7-8-15-13(2)20-22-14(15)3;/h6-12H2,1-5H3,(H,18,19);1H. The Morgan fingerprint density at radius 2 is 2.17 bits per heavy atom. The molecule has 0 aromatic carbocycles. The van der Waals surface area contributed by atoms with Gasteiger partial charge in [0.05, 0.1) is 5.69 Å². The van der Waals surface area contributed by atoms with E-state index in [0.717, 1.165) is 62.2 Å². The fourth-order valence-electron chi connectivity index (χ4n) is 2.92. The van der Waals surface area contributed by atoms with Crippen molar-refractivity contribution < 1.29 is 4.52 Å². The zero-order valence-corrected chi connectivity index (χ0v) is 18.7. The number of hydrogen-bond donors (Lipinski definition) is 1. The van der Waals surface area contributed by atoms with Gasteiger partial charge in [-0.25, -0.2) is 0 Å². The van der Waals surface area contributed by atoms with Crippen LogP contribution in [0.3, 0.4) is 0 Å². The summed E-state index contributed by atoms with van der Waals surface area (Å²) in [4.78, 5) is 7.23.